The maximum absolute atomic E-state index is 13.2. The summed E-state index contributed by atoms with van der Waals surface area (Å²) < 4.78 is 7.50. The lowest BCUT2D eigenvalue weighted by molar-refractivity contribution is -0.150. The number of hydrogen-bond acceptors (Lipinski definition) is 4. The lowest BCUT2D eigenvalue weighted by atomic mass is 9.74. The van der Waals surface area contributed by atoms with Crippen LogP contribution in [0.4, 0.5) is 0 Å². The Bertz CT molecular complexity index is 935. The Kier molecular flexibility index (Phi) is 4.40. The van der Waals surface area contributed by atoms with Gasteiger partial charge in [0.2, 0.25) is 0 Å². The number of aromatic nitrogens is 2. The van der Waals surface area contributed by atoms with Crippen LogP contribution < -0.4 is 4.74 Å². The maximum atomic E-state index is 13.2. The molecule has 4 rings (SSSR count). The molecule has 1 aromatic heterocycles. The topological polar surface area (TPSA) is 84.7 Å². The van der Waals surface area contributed by atoms with Gasteiger partial charge in [-0.1, -0.05) is 32.0 Å². The van der Waals surface area contributed by atoms with E-state index in [0.29, 0.717) is 18.7 Å². The number of benzene rings is 1. The first-order valence-corrected chi connectivity index (χ1v) is 9.59. The molecule has 148 valence electrons. The minimum Gasteiger partial charge on any atom is -0.493 e. The van der Waals surface area contributed by atoms with Gasteiger partial charge in [-0.2, -0.15) is 5.10 Å². The number of carbonyl (C=O) groups excluding carboxylic acids is 1. The smallest absolute Gasteiger partial charge is 0.312 e. The summed E-state index contributed by atoms with van der Waals surface area (Å²) in [6.45, 7) is 4.88. The summed E-state index contributed by atoms with van der Waals surface area (Å²) in [4.78, 5) is 27.2. The Morgan fingerprint density at radius 1 is 1.32 bits per heavy atom. The van der Waals surface area contributed by atoms with Gasteiger partial charge in [0.15, 0.2) is 0 Å². The molecule has 1 amide bonds. The number of fused-ring (bicyclic) bond motifs is 2. The molecule has 1 saturated heterocycles. The van der Waals surface area contributed by atoms with Gasteiger partial charge in [-0.3, -0.25) is 14.3 Å². The average molecular weight is 383 g/mol. The first-order valence-electron chi connectivity index (χ1n) is 9.59. The van der Waals surface area contributed by atoms with Crippen LogP contribution in [0, 0.1) is 11.3 Å². The highest BCUT2D eigenvalue weighted by atomic mass is 16.5. The van der Waals surface area contributed by atoms with Crippen molar-refractivity contribution in [2.75, 3.05) is 19.7 Å². The zero-order valence-electron chi connectivity index (χ0n) is 16.4. The highest BCUT2D eigenvalue weighted by Crippen LogP contribution is 2.44. The lowest BCUT2D eigenvalue weighted by Crippen LogP contribution is -2.42. The third-order valence-electron chi connectivity index (χ3n) is 6.04. The van der Waals surface area contributed by atoms with E-state index in [1.165, 1.54) is 0 Å². The van der Waals surface area contributed by atoms with Gasteiger partial charge >= 0.3 is 5.97 Å². The van der Waals surface area contributed by atoms with Crippen LogP contribution in [0.2, 0.25) is 0 Å². The molecule has 1 fully saturated rings. The van der Waals surface area contributed by atoms with E-state index in [1.807, 2.05) is 38.1 Å². The molecule has 28 heavy (non-hydrogen) atoms. The second kappa shape index (κ2) is 6.65. The average Bonchev–Trinajstić information content (AvgIpc) is 3.18. The fraction of sp³-hybridized carbons (Fsp3) is 0.476. The Morgan fingerprint density at radius 2 is 2.07 bits per heavy atom. The quantitative estimate of drug-likeness (QED) is 0.879. The predicted molar refractivity (Wildman–Crippen MR) is 102 cm³/mol. The van der Waals surface area contributed by atoms with Gasteiger partial charge in [0.05, 0.1) is 17.7 Å². The van der Waals surface area contributed by atoms with Crippen molar-refractivity contribution in [2.24, 2.45) is 18.4 Å². The molecule has 0 spiro atoms. The zero-order valence-corrected chi connectivity index (χ0v) is 16.4. The van der Waals surface area contributed by atoms with Crippen LogP contribution in [0.25, 0.3) is 0 Å². The third-order valence-corrected chi connectivity index (χ3v) is 6.04. The Labute approximate surface area is 163 Å². The maximum Gasteiger partial charge on any atom is 0.312 e. The van der Waals surface area contributed by atoms with E-state index in [9.17, 15) is 14.7 Å². The summed E-state index contributed by atoms with van der Waals surface area (Å²) in [7, 11) is 1.75. The minimum absolute atomic E-state index is 0.172. The van der Waals surface area contributed by atoms with E-state index >= 15 is 0 Å². The molecule has 2 aromatic rings. The van der Waals surface area contributed by atoms with Gasteiger partial charge < -0.3 is 14.7 Å². The molecule has 7 heteroatoms. The summed E-state index contributed by atoms with van der Waals surface area (Å²) in [5.41, 5.74) is 1.18. The van der Waals surface area contributed by atoms with Gasteiger partial charge in [-0.05, 0) is 30.0 Å². The molecule has 1 N–H and O–H groups in total. The molecule has 7 nitrogen and oxygen atoms in total. The largest absolute Gasteiger partial charge is 0.493 e. The van der Waals surface area contributed by atoms with E-state index < -0.39 is 11.4 Å². The summed E-state index contributed by atoms with van der Waals surface area (Å²) in [6, 6.07) is 9.36. The highest BCUT2D eigenvalue weighted by Gasteiger charge is 2.55. The minimum atomic E-state index is -1.04. The van der Waals surface area contributed by atoms with Crippen molar-refractivity contribution in [3.05, 3.63) is 47.3 Å². The van der Waals surface area contributed by atoms with E-state index in [4.69, 9.17) is 4.74 Å². The number of para-hydroxylation sites is 1. The van der Waals surface area contributed by atoms with Crippen LogP contribution in [0.3, 0.4) is 0 Å². The standard InChI is InChI=1S/C21H25N3O4/c1-13(2)16-8-17(23(3)22-16)19(25)24-10-15-11-28-18-7-5-4-6-14(18)9-21(15,12-24)20(26)27/h4-8,13,15H,9-12H2,1-3H3,(H,26,27)/t15-,21+/m1/s1. The second-order valence-corrected chi connectivity index (χ2v) is 8.17. The fourth-order valence-electron chi connectivity index (χ4n) is 4.31. The van der Waals surface area contributed by atoms with E-state index in [2.05, 4.69) is 5.10 Å². The molecule has 3 heterocycles. The van der Waals surface area contributed by atoms with Crippen LogP contribution in [0.5, 0.6) is 5.75 Å². The van der Waals surface area contributed by atoms with Crippen LogP contribution in [0.1, 0.15) is 41.5 Å². The molecular weight excluding hydrogens is 358 g/mol. The first kappa shape index (κ1) is 18.5. The summed E-state index contributed by atoms with van der Waals surface area (Å²) in [6.07, 6.45) is 0.357. The van der Waals surface area contributed by atoms with Crippen molar-refractivity contribution >= 4 is 11.9 Å². The number of likely N-dealkylation sites (tertiary alicyclic amines) is 1. The molecule has 2 aliphatic rings. The molecule has 2 atom stereocenters. The second-order valence-electron chi connectivity index (χ2n) is 8.17. The molecule has 0 unspecified atom stereocenters. The fourth-order valence-corrected chi connectivity index (χ4v) is 4.31. The van der Waals surface area contributed by atoms with Gasteiger partial charge in [-0.25, -0.2) is 0 Å². The number of rotatable bonds is 3. The molecular formula is C21H25N3O4. The van der Waals surface area contributed by atoms with Crippen molar-refractivity contribution in [3.63, 3.8) is 0 Å². The third kappa shape index (κ3) is 2.85. The van der Waals surface area contributed by atoms with E-state index in [0.717, 1.165) is 17.0 Å². The number of carboxylic acids is 1. The number of nitrogens with zero attached hydrogens (tertiary/aromatic N) is 3. The Balaban J connectivity index is 1.65. The Morgan fingerprint density at radius 3 is 2.75 bits per heavy atom. The summed E-state index contributed by atoms with van der Waals surface area (Å²) in [5, 5.41) is 14.6. The van der Waals surface area contributed by atoms with Crippen LogP contribution in [0.15, 0.2) is 30.3 Å². The predicted octanol–water partition coefficient (Wildman–Crippen LogP) is 2.32. The van der Waals surface area contributed by atoms with E-state index in [-0.39, 0.29) is 30.9 Å². The number of amides is 1. The molecule has 1 aromatic carbocycles. The van der Waals surface area contributed by atoms with E-state index in [1.54, 1.807) is 22.7 Å². The number of ether oxygens (including phenoxy) is 1. The highest BCUT2D eigenvalue weighted by molar-refractivity contribution is 5.94. The van der Waals surface area contributed by atoms with Gasteiger partial charge in [-0.15, -0.1) is 0 Å². The number of aliphatic carboxylic acids is 1. The number of hydrogen-bond donors (Lipinski definition) is 1. The first-order chi connectivity index (χ1) is 13.3. The van der Waals surface area contributed by atoms with Crippen molar-refractivity contribution < 1.29 is 19.4 Å². The van der Waals surface area contributed by atoms with Gasteiger partial charge in [0.25, 0.3) is 5.91 Å². The number of carboxylic acid groups (broad SMARTS) is 1. The number of carbonyl (C=O) groups is 2. The van der Waals surface area contributed by atoms with Crippen LogP contribution in [-0.2, 0) is 18.3 Å². The molecule has 0 saturated carbocycles. The Hall–Kier alpha value is -2.83. The lowest BCUT2D eigenvalue weighted by Gasteiger charge is -2.27. The molecule has 0 aliphatic carbocycles. The van der Waals surface area contributed by atoms with Crippen LogP contribution in [-0.4, -0.2) is 51.4 Å². The summed E-state index contributed by atoms with van der Waals surface area (Å²) >= 11 is 0. The van der Waals surface area contributed by atoms with Crippen molar-refractivity contribution in [1.29, 1.82) is 0 Å². The SMILES string of the molecule is CC(C)c1cc(C(=O)N2C[C@@H]3COc4ccccc4C[C@]3(C(=O)O)C2)n(C)n1. The van der Waals surface area contributed by atoms with Crippen molar-refractivity contribution in [2.45, 2.75) is 26.2 Å². The monoisotopic (exact) mass is 383 g/mol. The van der Waals surface area contributed by atoms with Gasteiger partial charge in [0, 0.05) is 26.1 Å². The molecule has 0 radical (unpaired) electrons. The zero-order chi connectivity index (χ0) is 20.1. The van der Waals surface area contributed by atoms with Crippen molar-refractivity contribution in [1.82, 2.24) is 14.7 Å². The normalized spacial score (nSPS) is 23.7. The number of aryl methyl sites for hydroxylation is 1. The molecule has 0 bridgehead atoms. The summed E-state index contributed by atoms with van der Waals surface area (Å²) in [5.74, 6) is -0.361. The molecule has 2 aliphatic heterocycles. The van der Waals surface area contributed by atoms with Crippen molar-refractivity contribution in [3.8, 4) is 5.75 Å². The van der Waals surface area contributed by atoms with Crippen LogP contribution >= 0.6 is 0 Å². The van der Waals surface area contributed by atoms with Gasteiger partial charge in [0.1, 0.15) is 11.4 Å².